The van der Waals surface area contributed by atoms with Gasteiger partial charge in [0.15, 0.2) is 0 Å². The first-order valence-corrected chi connectivity index (χ1v) is 9.02. The molecule has 0 spiro atoms. The van der Waals surface area contributed by atoms with Gasteiger partial charge in [-0.15, -0.1) is 0 Å². The highest BCUT2D eigenvalue weighted by molar-refractivity contribution is 5.82. The molecule has 1 aliphatic rings. The summed E-state index contributed by atoms with van der Waals surface area (Å²) >= 11 is 0. The summed E-state index contributed by atoms with van der Waals surface area (Å²) < 4.78 is 43.9. The van der Waals surface area contributed by atoms with Gasteiger partial charge in [0.25, 0.3) is 0 Å². The Hall–Kier alpha value is -1.64. The van der Waals surface area contributed by atoms with Gasteiger partial charge in [0.05, 0.1) is 30.9 Å². The van der Waals surface area contributed by atoms with Crippen LogP contribution in [0.3, 0.4) is 0 Å². The molecule has 5 nitrogen and oxygen atoms in total. The number of alkyl halides is 3. The van der Waals surface area contributed by atoms with Crippen molar-refractivity contribution >= 4 is 5.91 Å². The third-order valence-electron chi connectivity index (χ3n) is 4.79. The molecule has 1 aromatic rings. The maximum Gasteiger partial charge on any atom is 0.416 e. The second kappa shape index (κ2) is 8.58. The SMILES string of the molecule is CC(C)(C)[C@H](N)C(=O)NCC(c1ccc(C(F)(F)F)cc1)N1CCOCC1. The van der Waals surface area contributed by atoms with Crippen molar-refractivity contribution < 1.29 is 22.7 Å². The number of carbonyl (C=O) groups excluding carboxylic acids is 1. The van der Waals surface area contributed by atoms with E-state index < -0.39 is 17.8 Å². The van der Waals surface area contributed by atoms with E-state index in [4.69, 9.17) is 10.5 Å². The lowest BCUT2D eigenvalue weighted by Crippen LogP contribution is -2.51. The van der Waals surface area contributed by atoms with Gasteiger partial charge in [-0.05, 0) is 23.1 Å². The largest absolute Gasteiger partial charge is 0.416 e. The Morgan fingerprint density at radius 3 is 2.22 bits per heavy atom. The van der Waals surface area contributed by atoms with Gasteiger partial charge in [0.1, 0.15) is 0 Å². The smallest absolute Gasteiger partial charge is 0.379 e. The average molecular weight is 387 g/mol. The molecular formula is C19H28F3N3O2. The van der Waals surface area contributed by atoms with E-state index in [9.17, 15) is 18.0 Å². The summed E-state index contributed by atoms with van der Waals surface area (Å²) in [6.45, 7) is 8.30. The van der Waals surface area contributed by atoms with Gasteiger partial charge in [-0.25, -0.2) is 0 Å². The zero-order valence-corrected chi connectivity index (χ0v) is 16.0. The highest BCUT2D eigenvalue weighted by Gasteiger charge is 2.32. The van der Waals surface area contributed by atoms with Gasteiger partial charge in [-0.2, -0.15) is 13.2 Å². The Morgan fingerprint density at radius 2 is 1.74 bits per heavy atom. The Kier molecular flexibility index (Phi) is 6.88. The number of nitrogens with zero attached hydrogens (tertiary/aromatic N) is 1. The maximum atomic E-state index is 12.8. The number of hydrogen-bond acceptors (Lipinski definition) is 4. The lowest BCUT2D eigenvalue weighted by Gasteiger charge is -2.35. The number of halogens is 3. The Bertz CT molecular complexity index is 621. The third-order valence-corrected chi connectivity index (χ3v) is 4.79. The quantitative estimate of drug-likeness (QED) is 0.815. The van der Waals surface area contributed by atoms with Crippen LogP contribution in [0.5, 0.6) is 0 Å². The number of nitrogens with one attached hydrogen (secondary N) is 1. The van der Waals surface area contributed by atoms with E-state index in [1.807, 2.05) is 20.8 Å². The van der Waals surface area contributed by atoms with E-state index in [0.717, 1.165) is 17.7 Å². The molecule has 1 amide bonds. The molecule has 1 aliphatic heterocycles. The molecule has 3 N–H and O–H groups in total. The van der Waals surface area contributed by atoms with Crippen LogP contribution in [0, 0.1) is 5.41 Å². The average Bonchev–Trinajstić information content (AvgIpc) is 2.61. The second-order valence-corrected chi connectivity index (χ2v) is 7.87. The van der Waals surface area contributed by atoms with Crippen molar-refractivity contribution in [3.8, 4) is 0 Å². The van der Waals surface area contributed by atoms with Crippen molar-refractivity contribution in [3.63, 3.8) is 0 Å². The summed E-state index contributed by atoms with van der Waals surface area (Å²) in [4.78, 5) is 14.5. The number of hydrogen-bond donors (Lipinski definition) is 2. The van der Waals surface area contributed by atoms with E-state index in [-0.39, 0.29) is 23.9 Å². The van der Waals surface area contributed by atoms with Gasteiger partial charge in [-0.3, -0.25) is 9.69 Å². The van der Waals surface area contributed by atoms with Crippen molar-refractivity contribution in [1.29, 1.82) is 0 Å². The normalized spacial score (nSPS) is 18.8. The van der Waals surface area contributed by atoms with Crippen LogP contribution in [0.15, 0.2) is 24.3 Å². The lowest BCUT2D eigenvalue weighted by atomic mass is 9.87. The number of carbonyl (C=O) groups is 1. The molecule has 1 unspecified atom stereocenters. The topological polar surface area (TPSA) is 67.6 Å². The van der Waals surface area contributed by atoms with E-state index in [0.29, 0.717) is 26.3 Å². The molecule has 0 aromatic heterocycles. The predicted octanol–water partition coefficient (Wildman–Crippen LogP) is 2.57. The Morgan fingerprint density at radius 1 is 1.19 bits per heavy atom. The second-order valence-electron chi connectivity index (χ2n) is 7.87. The first kappa shape index (κ1) is 21.7. The van der Waals surface area contributed by atoms with E-state index in [2.05, 4.69) is 10.2 Å². The fourth-order valence-electron chi connectivity index (χ4n) is 2.94. The van der Waals surface area contributed by atoms with Crippen LogP contribution in [-0.4, -0.2) is 49.7 Å². The molecule has 27 heavy (non-hydrogen) atoms. The summed E-state index contributed by atoms with van der Waals surface area (Å²) in [5.74, 6) is -0.271. The molecule has 2 rings (SSSR count). The van der Waals surface area contributed by atoms with Crippen molar-refractivity contribution in [1.82, 2.24) is 10.2 Å². The van der Waals surface area contributed by atoms with Crippen LogP contribution < -0.4 is 11.1 Å². The van der Waals surface area contributed by atoms with Gasteiger partial charge in [0.2, 0.25) is 5.91 Å². The number of morpholine rings is 1. The summed E-state index contributed by atoms with van der Waals surface area (Å²) in [7, 11) is 0. The van der Waals surface area contributed by atoms with E-state index in [1.54, 1.807) is 0 Å². The zero-order valence-electron chi connectivity index (χ0n) is 16.0. The number of nitrogens with two attached hydrogens (primary N) is 1. The maximum absolute atomic E-state index is 12.8. The summed E-state index contributed by atoms with van der Waals surface area (Å²) in [5, 5.41) is 2.86. The molecule has 8 heteroatoms. The Balaban J connectivity index is 2.15. The zero-order chi connectivity index (χ0) is 20.2. The van der Waals surface area contributed by atoms with Gasteiger partial charge < -0.3 is 15.8 Å². The molecule has 0 saturated carbocycles. The van der Waals surface area contributed by atoms with Gasteiger partial charge >= 0.3 is 6.18 Å². The van der Waals surface area contributed by atoms with Crippen LogP contribution >= 0.6 is 0 Å². The first-order valence-electron chi connectivity index (χ1n) is 9.02. The van der Waals surface area contributed by atoms with Crippen LogP contribution in [0.2, 0.25) is 0 Å². The van der Waals surface area contributed by atoms with E-state index >= 15 is 0 Å². The monoisotopic (exact) mass is 387 g/mol. The van der Waals surface area contributed by atoms with Crippen molar-refractivity contribution in [2.24, 2.45) is 11.1 Å². The van der Waals surface area contributed by atoms with E-state index in [1.165, 1.54) is 12.1 Å². The van der Waals surface area contributed by atoms with Crippen LogP contribution in [0.25, 0.3) is 0 Å². The molecule has 152 valence electrons. The molecule has 0 aliphatic carbocycles. The molecule has 1 aromatic carbocycles. The van der Waals surface area contributed by atoms with Crippen molar-refractivity contribution in [2.75, 3.05) is 32.8 Å². The lowest BCUT2D eigenvalue weighted by molar-refractivity contribution is -0.137. The Labute approximate surface area is 158 Å². The molecule has 1 saturated heterocycles. The summed E-state index contributed by atoms with van der Waals surface area (Å²) in [5.41, 5.74) is 5.64. The first-order chi connectivity index (χ1) is 12.5. The summed E-state index contributed by atoms with van der Waals surface area (Å²) in [6.07, 6.45) is -4.37. The van der Waals surface area contributed by atoms with Crippen LogP contribution in [0.4, 0.5) is 13.2 Å². The van der Waals surface area contributed by atoms with Crippen molar-refractivity contribution in [2.45, 2.75) is 39.0 Å². The number of amides is 1. The molecule has 0 radical (unpaired) electrons. The number of ether oxygens (including phenoxy) is 1. The standard InChI is InChI=1S/C19H28F3N3O2/c1-18(2,3)16(23)17(26)24-12-15(25-8-10-27-11-9-25)13-4-6-14(7-5-13)19(20,21)22/h4-7,15-16H,8-12,23H2,1-3H3,(H,24,26)/t15?,16-/m1/s1. The molecule has 0 bridgehead atoms. The van der Waals surface area contributed by atoms with Gasteiger partial charge in [0, 0.05) is 19.6 Å². The van der Waals surface area contributed by atoms with Crippen LogP contribution in [0.1, 0.15) is 37.9 Å². The highest BCUT2D eigenvalue weighted by Crippen LogP contribution is 2.31. The minimum atomic E-state index is -4.37. The number of benzene rings is 1. The minimum Gasteiger partial charge on any atom is -0.379 e. The summed E-state index contributed by atoms with van der Waals surface area (Å²) in [6, 6.07) is 4.18. The highest BCUT2D eigenvalue weighted by atomic mass is 19.4. The molecular weight excluding hydrogens is 359 g/mol. The molecule has 1 heterocycles. The van der Waals surface area contributed by atoms with Crippen LogP contribution in [-0.2, 0) is 15.7 Å². The van der Waals surface area contributed by atoms with Gasteiger partial charge in [-0.1, -0.05) is 32.9 Å². The fourth-order valence-corrected chi connectivity index (χ4v) is 2.94. The minimum absolute atomic E-state index is 0.243. The predicted molar refractivity (Wildman–Crippen MR) is 97.0 cm³/mol. The number of rotatable bonds is 5. The fraction of sp³-hybridized carbons (Fsp3) is 0.632. The third kappa shape index (κ3) is 5.92. The molecule has 2 atom stereocenters. The van der Waals surface area contributed by atoms with Crippen molar-refractivity contribution in [3.05, 3.63) is 35.4 Å². The molecule has 1 fully saturated rings.